The summed E-state index contributed by atoms with van der Waals surface area (Å²) in [6.45, 7) is 2.76. The lowest BCUT2D eigenvalue weighted by molar-refractivity contribution is -0.113. The van der Waals surface area contributed by atoms with Crippen molar-refractivity contribution in [3.63, 3.8) is 0 Å². The van der Waals surface area contributed by atoms with Crippen molar-refractivity contribution in [3.8, 4) is 5.75 Å². The van der Waals surface area contributed by atoms with Gasteiger partial charge in [0.15, 0.2) is 4.32 Å². The fourth-order valence-electron chi connectivity index (χ4n) is 2.34. The molecule has 1 fully saturated rings. The summed E-state index contributed by atoms with van der Waals surface area (Å²) in [6.07, 6.45) is 2.81. The third-order valence-electron chi connectivity index (χ3n) is 3.51. The van der Waals surface area contributed by atoms with E-state index < -0.39 is 0 Å². The van der Waals surface area contributed by atoms with Gasteiger partial charge in [0.2, 0.25) is 0 Å². The van der Waals surface area contributed by atoms with E-state index >= 15 is 0 Å². The van der Waals surface area contributed by atoms with Gasteiger partial charge in [-0.2, -0.15) is 0 Å². The van der Waals surface area contributed by atoms with Crippen LogP contribution < -0.4 is 9.64 Å². The molecule has 1 saturated heterocycles. The summed E-state index contributed by atoms with van der Waals surface area (Å²) in [5.74, 6) is 0.689. The molecule has 3 nitrogen and oxygen atoms in total. The van der Waals surface area contributed by atoms with Gasteiger partial charge in [-0.15, -0.1) is 0 Å². The number of carbonyl (C=O) groups excluding carboxylic acids is 1. The molecule has 0 aromatic heterocycles. The highest BCUT2D eigenvalue weighted by Gasteiger charge is 2.33. The summed E-state index contributed by atoms with van der Waals surface area (Å²) >= 11 is 12.7. The summed E-state index contributed by atoms with van der Waals surface area (Å²) in [4.78, 5) is 14.8. The van der Waals surface area contributed by atoms with E-state index in [1.165, 1.54) is 16.7 Å². The predicted octanol–water partition coefficient (Wildman–Crippen LogP) is 5.53. The molecule has 1 amide bonds. The quantitative estimate of drug-likeness (QED) is 0.496. The van der Waals surface area contributed by atoms with Crippen molar-refractivity contribution in [1.29, 1.82) is 0 Å². The first-order valence-corrected chi connectivity index (χ1v) is 9.45. The third-order valence-corrected chi connectivity index (χ3v) is 5.05. The monoisotopic (exact) mass is 389 g/mol. The van der Waals surface area contributed by atoms with E-state index in [0.29, 0.717) is 26.5 Å². The minimum atomic E-state index is -0.136. The molecule has 0 spiro atoms. The summed E-state index contributed by atoms with van der Waals surface area (Å²) in [6, 6.07) is 14.8. The van der Waals surface area contributed by atoms with Gasteiger partial charge in [-0.3, -0.25) is 9.69 Å². The summed E-state index contributed by atoms with van der Waals surface area (Å²) in [7, 11) is 0. The molecule has 1 aliphatic heterocycles. The first-order chi connectivity index (χ1) is 12.1. The largest absolute Gasteiger partial charge is 0.494 e. The van der Waals surface area contributed by atoms with Gasteiger partial charge in [-0.1, -0.05) is 60.7 Å². The van der Waals surface area contributed by atoms with E-state index in [0.717, 1.165) is 17.7 Å². The molecule has 0 N–H and O–H groups in total. The third kappa shape index (κ3) is 4.24. The van der Waals surface area contributed by atoms with Crippen LogP contribution in [0.3, 0.4) is 0 Å². The number of hydrogen-bond donors (Lipinski definition) is 0. The van der Waals surface area contributed by atoms with E-state index in [4.69, 9.17) is 28.6 Å². The van der Waals surface area contributed by atoms with Gasteiger partial charge in [0, 0.05) is 5.02 Å². The van der Waals surface area contributed by atoms with E-state index in [9.17, 15) is 4.79 Å². The Morgan fingerprint density at radius 1 is 1.24 bits per heavy atom. The maximum Gasteiger partial charge on any atom is 0.270 e. The number of nitrogens with zero attached hydrogens (tertiary/aromatic N) is 1. The van der Waals surface area contributed by atoms with Crippen molar-refractivity contribution < 1.29 is 9.53 Å². The van der Waals surface area contributed by atoms with Crippen LogP contribution in [0.25, 0.3) is 6.08 Å². The standard InChI is InChI=1S/C19H16ClNO2S2/c1-2-10-23-16-8-6-13(7-9-16)11-17-18(22)21(19(24)25-17)15-5-3-4-14(20)12-15/h3-9,11-12H,2,10H2,1H3/b17-11-. The summed E-state index contributed by atoms with van der Waals surface area (Å²) < 4.78 is 6.07. The van der Waals surface area contributed by atoms with Crippen LogP contribution in [0.4, 0.5) is 5.69 Å². The molecule has 1 heterocycles. The van der Waals surface area contributed by atoms with Gasteiger partial charge >= 0.3 is 0 Å². The molecular weight excluding hydrogens is 374 g/mol. The average Bonchev–Trinajstić information content (AvgIpc) is 2.88. The highest BCUT2D eigenvalue weighted by Crippen LogP contribution is 2.36. The second-order valence-corrected chi connectivity index (χ2v) is 7.53. The minimum Gasteiger partial charge on any atom is -0.494 e. The van der Waals surface area contributed by atoms with Crippen LogP contribution in [0.2, 0.25) is 5.02 Å². The van der Waals surface area contributed by atoms with Crippen molar-refractivity contribution >= 4 is 57.6 Å². The zero-order valence-corrected chi connectivity index (χ0v) is 16.0. The zero-order chi connectivity index (χ0) is 17.8. The lowest BCUT2D eigenvalue weighted by atomic mass is 10.2. The fraction of sp³-hybridized carbons (Fsp3) is 0.158. The minimum absolute atomic E-state index is 0.136. The molecule has 0 unspecified atom stereocenters. The summed E-state index contributed by atoms with van der Waals surface area (Å²) in [5, 5.41) is 0.568. The molecule has 2 aromatic rings. The van der Waals surface area contributed by atoms with Crippen molar-refractivity contribution in [2.45, 2.75) is 13.3 Å². The van der Waals surface area contributed by atoms with Crippen molar-refractivity contribution in [3.05, 3.63) is 64.0 Å². The normalized spacial score (nSPS) is 15.9. The lowest BCUT2D eigenvalue weighted by Gasteiger charge is -2.14. The number of thioether (sulfide) groups is 1. The van der Waals surface area contributed by atoms with Crippen molar-refractivity contribution in [2.24, 2.45) is 0 Å². The summed E-state index contributed by atoms with van der Waals surface area (Å²) in [5.41, 5.74) is 1.61. The molecule has 0 saturated carbocycles. The van der Waals surface area contributed by atoms with Gasteiger partial charge in [-0.25, -0.2) is 0 Å². The molecule has 0 radical (unpaired) electrons. The van der Waals surface area contributed by atoms with E-state index in [2.05, 4.69) is 6.92 Å². The molecular formula is C19H16ClNO2S2. The Kier molecular flexibility index (Phi) is 5.78. The second-order valence-electron chi connectivity index (χ2n) is 5.41. The molecule has 0 aliphatic carbocycles. The van der Waals surface area contributed by atoms with Gasteiger partial charge in [0.25, 0.3) is 5.91 Å². The van der Waals surface area contributed by atoms with E-state index in [1.807, 2.05) is 36.4 Å². The molecule has 6 heteroatoms. The number of benzene rings is 2. The Morgan fingerprint density at radius 2 is 2.00 bits per heavy atom. The zero-order valence-electron chi connectivity index (χ0n) is 13.6. The Balaban J connectivity index is 1.80. The maximum absolute atomic E-state index is 12.7. The Hall–Kier alpha value is -1.82. The SMILES string of the molecule is CCCOc1ccc(/C=C2\SC(=S)N(c3cccc(Cl)c3)C2=O)cc1. The Labute approximate surface area is 161 Å². The number of anilines is 1. The van der Waals surface area contributed by atoms with Gasteiger partial charge in [0.05, 0.1) is 17.2 Å². The number of carbonyl (C=O) groups is 1. The van der Waals surface area contributed by atoms with Crippen LogP contribution in [-0.2, 0) is 4.79 Å². The topological polar surface area (TPSA) is 29.5 Å². The lowest BCUT2D eigenvalue weighted by Crippen LogP contribution is -2.27. The number of ether oxygens (including phenoxy) is 1. The highest BCUT2D eigenvalue weighted by atomic mass is 35.5. The first-order valence-electron chi connectivity index (χ1n) is 7.85. The highest BCUT2D eigenvalue weighted by molar-refractivity contribution is 8.27. The molecule has 2 aromatic carbocycles. The predicted molar refractivity (Wildman–Crippen MR) is 109 cm³/mol. The van der Waals surface area contributed by atoms with Crippen molar-refractivity contribution in [2.75, 3.05) is 11.5 Å². The molecule has 1 aliphatic rings. The van der Waals surface area contributed by atoms with Crippen LogP contribution in [0.15, 0.2) is 53.4 Å². The molecule has 0 atom stereocenters. The van der Waals surface area contributed by atoms with Crippen LogP contribution in [0.1, 0.15) is 18.9 Å². The van der Waals surface area contributed by atoms with Crippen LogP contribution in [0.5, 0.6) is 5.75 Å². The fourth-order valence-corrected chi connectivity index (χ4v) is 3.82. The van der Waals surface area contributed by atoms with E-state index in [-0.39, 0.29) is 5.91 Å². The Bertz CT molecular complexity index is 834. The second kappa shape index (κ2) is 8.04. The number of rotatable bonds is 5. The Morgan fingerprint density at radius 3 is 2.68 bits per heavy atom. The molecule has 25 heavy (non-hydrogen) atoms. The molecule has 0 bridgehead atoms. The number of amides is 1. The smallest absolute Gasteiger partial charge is 0.270 e. The molecule has 3 rings (SSSR count). The maximum atomic E-state index is 12.7. The van der Waals surface area contributed by atoms with Gasteiger partial charge in [0.1, 0.15) is 5.75 Å². The van der Waals surface area contributed by atoms with Gasteiger partial charge < -0.3 is 4.74 Å². The van der Waals surface area contributed by atoms with Gasteiger partial charge in [-0.05, 0) is 48.4 Å². The van der Waals surface area contributed by atoms with E-state index in [1.54, 1.807) is 18.2 Å². The van der Waals surface area contributed by atoms with Crippen molar-refractivity contribution in [1.82, 2.24) is 0 Å². The van der Waals surface area contributed by atoms with Crippen LogP contribution in [-0.4, -0.2) is 16.8 Å². The number of thiocarbonyl (C=S) groups is 1. The average molecular weight is 390 g/mol. The number of hydrogen-bond acceptors (Lipinski definition) is 4. The van der Waals surface area contributed by atoms with Crippen LogP contribution in [0, 0.1) is 0 Å². The van der Waals surface area contributed by atoms with Crippen LogP contribution >= 0.6 is 35.6 Å². The molecule has 128 valence electrons. The number of halogens is 1. The first kappa shape index (κ1) is 18.0.